The van der Waals surface area contributed by atoms with Gasteiger partial charge in [0, 0.05) is 12.3 Å². The van der Waals surface area contributed by atoms with E-state index in [1.165, 1.54) is 12.3 Å². The molecule has 6 nitrogen and oxygen atoms in total. The summed E-state index contributed by atoms with van der Waals surface area (Å²) in [6.07, 6.45) is 2.31. The number of hydrogen-bond donors (Lipinski definition) is 1. The van der Waals surface area contributed by atoms with E-state index in [1.807, 2.05) is 13.8 Å². The van der Waals surface area contributed by atoms with E-state index in [4.69, 9.17) is 9.47 Å². The van der Waals surface area contributed by atoms with E-state index in [9.17, 15) is 8.78 Å². The third kappa shape index (κ3) is 3.20. The molecule has 2 aromatic heterocycles. The van der Waals surface area contributed by atoms with Crippen molar-refractivity contribution in [2.75, 3.05) is 0 Å². The molecule has 3 rings (SSSR count). The molecular formula is C15H14F2N4O2. The second-order valence-corrected chi connectivity index (χ2v) is 4.96. The molecule has 120 valence electrons. The summed E-state index contributed by atoms with van der Waals surface area (Å²) < 4.78 is 37.3. The Balaban J connectivity index is 1.86. The first kappa shape index (κ1) is 15.1. The molecule has 3 aromatic rings. The Morgan fingerprint density at radius 2 is 2.13 bits per heavy atom. The molecule has 1 N–H and O–H groups in total. The maximum atomic E-state index is 13.6. The Kier molecular flexibility index (Phi) is 4.05. The fourth-order valence-corrected chi connectivity index (χ4v) is 1.84. The summed E-state index contributed by atoms with van der Waals surface area (Å²) in [5, 5.41) is 7.33. The van der Waals surface area contributed by atoms with E-state index in [2.05, 4.69) is 20.2 Å². The topological polar surface area (TPSA) is 72.9 Å². The Labute approximate surface area is 130 Å². The first-order valence-corrected chi connectivity index (χ1v) is 7.07. The highest BCUT2D eigenvalue weighted by Crippen LogP contribution is 2.26. The van der Waals surface area contributed by atoms with E-state index in [-0.39, 0.29) is 17.9 Å². The Hall–Kier alpha value is -2.77. The molecule has 0 aliphatic carbocycles. The number of aromatic amines is 1. The van der Waals surface area contributed by atoms with Gasteiger partial charge in [-0.2, -0.15) is 4.98 Å². The van der Waals surface area contributed by atoms with Crippen LogP contribution < -0.4 is 9.47 Å². The fraction of sp³-hybridized carbons (Fsp3) is 0.267. The van der Waals surface area contributed by atoms with Gasteiger partial charge in [-0.1, -0.05) is 6.92 Å². The number of hydrogen-bond acceptors (Lipinski definition) is 5. The quantitative estimate of drug-likeness (QED) is 0.777. The van der Waals surface area contributed by atoms with Gasteiger partial charge in [0.25, 0.3) is 0 Å². The summed E-state index contributed by atoms with van der Waals surface area (Å²) in [6.45, 7) is 3.93. The van der Waals surface area contributed by atoms with E-state index >= 15 is 0 Å². The predicted molar refractivity (Wildman–Crippen MR) is 78.5 cm³/mol. The van der Waals surface area contributed by atoms with Gasteiger partial charge in [-0.05, 0) is 25.5 Å². The number of nitrogens with zero attached hydrogens (tertiary/aromatic N) is 3. The van der Waals surface area contributed by atoms with Crippen molar-refractivity contribution in [2.24, 2.45) is 0 Å². The van der Waals surface area contributed by atoms with Crippen molar-refractivity contribution >= 4 is 11.0 Å². The van der Waals surface area contributed by atoms with Crippen molar-refractivity contribution in [3.8, 4) is 17.6 Å². The molecule has 0 aliphatic rings. The van der Waals surface area contributed by atoms with E-state index in [0.717, 1.165) is 18.6 Å². The highest BCUT2D eigenvalue weighted by molar-refractivity contribution is 5.79. The van der Waals surface area contributed by atoms with Crippen LogP contribution in [-0.4, -0.2) is 26.3 Å². The second-order valence-electron chi connectivity index (χ2n) is 4.96. The molecule has 2 heterocycles. The first-order chi connectivity index (χ1) is 11.1. The van der Waals surface area contributed by atoms with Crippen LogP contribution in [0.2, 0.25) is 0 Å². The van der Waals surface area contributed by atoms with Gasteiger partial charge < -0.3 is 9.47 Å². The van der Waals surface area contributed by atoms with Gasteiger partial charge in [-0.3, -0.25) is 5.10 Å². The van der Waals surface area contributed by atoms with Gasteiger partial charge in [0.15, 0.2) is 17.2 Å². The van der Waals surface area contributed by atoms with Crippen LogP contribution >= 0.6 is 0 Å². The van der Waals surface area contributed by atoms with Crippen LogP contribution in [0.3, 0.4) is 0 Å². The number of halogens is 2. The minimum atomic E-state index is -0.834. The highest BCUT2D eigenvalue weighted by atomic mass is 19.1. The zero-order valence-electron chi connectivity index (χ0n) is 12.5. The molecule has 1 unspecified atom stereocenters. The van der Waals surface area contributed by atoms with Crippen molar-refractivity contribution < 1.29 is 18.3 Å². The van der Waals surface area contributed by atoms with Crippen molar-refractivity contribution in [1.29, 1.82) is 0 Å². The van der Waals surface area contributed by atoms with Crippen LogP contribution in [0.4, 0.5) is 8.78 Å². The molecule has 0 radical (unpaired) electrons. The zero-order valence-corrected chi connectivity index (χ0v) is 12.5. The van der Waals surface area contributed by atoms with Crippen LogP contribution in [0.5, 0.6) is 17.6 Å². The molecule has 0 saturated heterocycles. The summed E-state index contributed by atoms with van der Waals surface area (Å²) in [5.74, 6) is -1.29. The molecule has 23 heavy (non-hydrogen) atoms. The predicted octanol–water partition coefficient (Wildman–Crippen LogP) is 3.60. The lowest BCUT2D eigenvalue weighted by molar-refractivity contribution is 0.211. The van der Waals surface area contributed by atoms with Crippen LogP contribution in [0.25, 0.3) is 11.0 Å². The number of aromatic nitrogens is 4. The molecular weight excluding hydrogens is 306 g/mol. The number of nitrogens with one attached hydrogen (secondary N) is 1. The second kappa shape index (κ2) is 6.15. The fourth-order valence-electron chi connectivity index (χ4n) is 1.84. The monoisotopic (exact) mass is 320 g/mol. The minimum Gasteiger partial charge on any atom is -0.473 e. The zero-order chi connectivity index (χ0) is 16.4. The average molecular weight is 320 g/mol. The maximum Gasteiger partial charge on any atom is 0.324 e. The molecule has 8 heteroatoms. The lowest BCUT2D eigenvalue weighted by Gasteiger charge is -2.09. The molecule has 0 bridgehead atoms. The molecule has 0 saturated carbocycles. The normalized spacial score (nSPS) is 12.3. The highest BCUT2D eigenvalue weighted by Gasteiger charge is 2.14. The summed E-state index contributed by atoms with van der Waals surface area (Å²) in [5.41, 5.74) is 0.399. The van der Waals surface area contributed by atoms with Crippen molar-refractivity contribution in [2.45, 2.75) is 26.4 Å². The Morgan fingerprint density at radius 3 is 2.87 bits per heavy atom. The molecule has 0 aliphatic heterocycles. The van der Waals surface area contributed by atoms with Gasteiger partial charge in [-0.15, -0.1) is 5.10 Å². The molecule has 1 atom stereocenters. The number of H-pyrrole nitrogens is 1. The van der Waals surface area contributed by atoms with Gasteiger partial charge in [0.05, 0.1) is 6.10 Å². The third-order valence-corrected chi connectivity index (χ3v) is 3.24. The van der Waals surface area contributed by atoms with Gasteiger partial charge in [0.1, 0.15) is 11.2 Å². The molecule has 0 fully saturated rings. The average Bonchev–Trinajstić information content (AvgIpc) is 2.92. The Bertz CT molecular complexity index is 837. The summed E-state index contributed by atoms with van der Waals surface area (Å²) in [4.78, 5) is 8.09. The number of benzene rings is 1. The minimum absolute atomic E-state index is 0.00531. The van der Waals surface area contributed by atoms with Gasteiger partial charge >= 0.3 is 6.01 Å². The maximum absolute atomic E-state index is 13.6. The first-order valence-electron chi connectivity index (χ1n) is 7.07. The van der Waals surface area contributed by atoms with Gasteiger partial charge in [-0.25, -0.2) is 13.8 Å². The standard InChI is InChI=1S/C15H14F2N4O2/c1-3-8(2)22-14-10-7-18-15(19-13(10)20-21-14)23-12-5-4-9(16)6-11(12)17/h4-8H,3H2,1-2H3,(H,18,19,20,21). The molecule has 1 aromatic carbocycles. The van der Waals surface area contributed by atoms with E-state index in [0.29, 0.717) is 16.9 Å². The SMILES string of the molecule is CCC(C)Oc1n[nH]c2nc(Oc3ccc(F)cc3F)ncc12. The number of fused-ring (bicyclic) bond motifs is 1. The van der Waals surface area contributed by atoms with Crippen LogP contribution in [0.15, 0.2) is 24.4 Å². The Morgan fingerprint density at radius 1 is 1.30 bits per heavy atom. The lowest BCUT2D eigenvalue weighted by atomic mass is 10.3. The van der Waals surface area contributed by atoms with Crippen LogP contribution in [-0.2, 0) is 0 Å². The van der Waals surface area contributed by atoms with Crippen LogP contribution in [0, 0.1) is 11.6 Å². The largest absolute Gasteiger partial charge is 0.473 e. The number of rotatable bonds is 5. The van der Waals surface area contributed by atoms with Crippen molar-refractivity contribution in [3.63, 3.8) is 0 Å². The van der Waals surface area contributed by atoms with Gasteiger partial charge in [0.2, 0.25) is 5.88 Å². The van der Waals surface area contributed by atoms with E-state index in [1.54, 1.807) is 0 Å². The number of ether oxygens (including phenoxy) is 2. The smallest absolute Gasteiger partial charge is 0.324 e. The third-order valence-electron chi connectivity index (χ3n) is 3.24. The molecule has 0 spiro atoms. The van der Waals surface area contributed by atoms with Crippen molar-refractivity contribution in [3.05, 3.63) is 36.0 Å². The summed E-state index contributed by atoms with van der Waals surface area (Å²) >= 11 is 0. The van der Waals surface area contributed by atoms with E-state index < -0.39 is 11.6 Å². The summed E-state index contributed by atoms with van der Waals surface area (Å²) in [6, 6.07) is 2.90. The lowest BCUT2D eigenvalue weighted by Crippen LogP contribution is -2.10. The van der Waals surface area contributed by atoms with Crippen molar-refractivity contribution in [1.82, 2.24) is 20.2 Å². The summed E-state index contributed by atoms with van der Waals surface area (Å²) in [7, 11) is 0. The van der Waals surface area contributed by atoms with Crippen LogP contribution in [0.1, 0.15) is 20.3 Å². The molecule has 0 amide bonds.